The summed E-state index contributed by atoms with van der Waals surface area (Å²) in [5.41, 5.74) is 0.715. The smallest absolute Gasteiger partial charge is 0.416 e. The quantitative estimate of drug-likeness (QED) is 0.801. The van der Waals surface area contributed by atoms with Gasteiger partial charge >= 0.3 is 6.09 Å². The van der Waals surface area contributed by atoms with Crippen molar-refractivity contribution in [2.45, 2.75) is 65.0 Å². The first kappa shape index (κ1) is 18.7. The molecule has 1 aromatic heterocycles. The molecule has 1 aliphatic rings. The van der Waals surface area contributed by atoms with Crippen LogP contribution in [0.25, 0.3) is 0 Å². The van der Waals surface area contributed by atoms with Crippen molar-refractivity contribution < 1.29 is 9.53 Å². The van der Waals surface area contributed by atoms with Crippen molar-refractivity contribution in [2.24, 2.45) is 0 Å². The van der Waals surface area contributed by atoms with Crippen LogP contribution in [0.1, 0.15) is 65.0 Å². The first-order valence-electron chi connectivity index (χ1n) is 8.98. The van der Waals surface area contributed by atoms with Gasteiger partial charge < -0.3 is 4.74 Å². The molecule has 24 heavy (non-hydrogen) atoms. The van der Waals surface area contributed by atoms with Crippen LogP contribution in [0.5, 0.6) is 0 Å². The first-order chi connectivity index (χ1) is 11.3. The number of carbonyl (C=O) groups is 1. The summed E-state index contributed by atoms with van der Waals surface area (Å²) in [5, 5.41) is 0. The minimum absolute atomic E-state index is 0.325. The third-order valence-corrected chi connectivity index (χ3v) is 4.30. The van der Waals surface area contributed by atoms with E-state index in [-0.39, 0.29) is 6.09 Å². The highest BCUT2D eigenvalue weighted by Gasteiger charge is 2.26. The first-order valence-corrected chi connectivity index (χ1v) is 8.98. The van der Waals surface area contributed by atoms with Crippen LogP contribution >= 0.6 is 0 Å². The standard InChI is InChI=1S/C19H31N3O2/c1-6-7-13-22(18(23)24-19(2,3)4)17-11-10-15(14-20-17)16-9-8-12-21(16)5/h10-11,14,16H,6-9,12-13H2,1-5H3. The molecule has 0 aliphatic carbocycles. The van der Waals surface area contributed by atoms with E-state index in [0.29, 0.717) is 18.4 Å². The molecule has 1 amide bonds. The van der Waals surface area contributed by atoms with E-state index in [1.54, 1.807) is 4.90 Å². The number of nitrogens with zero attached hydrogens (tertiary/aromatic N) is 3. The van der Waals surface area contributed by atoms with Crippen molar-refractivity contribution in [3.05, 3.63) is 23.9 Å². The van der Waals surface area contributed by atoms with Gasteiger partial charge in [0.1, 0.15) is 11.4 Å². The molecule has 0 spiro atoms. The van der Waals surface area contributed by atoms with Gasteiger partial charge in [-0.25, -0.2) is 9.78 Å². The topological polar surface area (TPSA) is 45.7 Å². The monoisotopic (exact) mass is 333 g/mol. The second kappa shape index (κ2) is 7.97. The minimum Gasteiger partial charge on any atom is -0.443 e. The fourth-order valence-corrected chi connectivity index (χ4v) is 3.02. The molecule has 1 aromatic rings. The maximum absolute atomic E-state index is 12.5. The molecule has 134 valence electrons. The third kappa shape index (κ3) is 4.94. The fourth-order valence-electron chi connectivity index (χ4n) is 3.02. The zero-order valence-electron chi connectivity index (χ0n) is 15.7. The van der Waals surface area contributed by atoms with Gasteiger partial charge in [0.05, 0.1) is 0 Å². The summed E-state index contributed by atoms with van der Waals surface area (Å²) in [7, 11) is 2.15. The van der Waals surface area contributed by atoms with Crippen LogP contribution in [-0.2, 0) is 4.74 Å². The molecule has 0 bridgehead atoms. The highest BCUT2D eigenvalue weighted by molar-refractivity contribution is 5.86. The summed E-state index contributed by atoms with van der Waals surface area (Å²) in [6, 6.07) is 4.48. The number of aromatic nitrogens is 1. The molecule has 1 atom stereocenters. The number of likely N-dealkylation sites (tertiary alicyclic amines) is 1. The van der Waals surface area contributed by atoms with Gasteiger partial charge in [0.2, 0.25) is 0 Å². The summed E-state index contributed by atoms with van der Waals surface area (Å²) in [4.78, 5) is 21.1. The molecule has 0 N–H and O–H groups in total. The molecule has 2 heterocycles. The van der Waals surface area contributed by atoms with E-state index in [0.717, 1.165) is 19.4 Å². The van der Waals surface area contributed by atoms with E-state index in [2.05, 4.69) is 29.9 Å². The van der Waals surface area contributed by atoms with Gasteiger partial charge in [-0.3, -0.25) is 9.80 Å². The summed E-state index contributed by atoms with van der Waals surface area (Å²) < 4.78 is 5.54. The third-order valence-electron chi connectivity index (χ3n) is 4.30. The molecule has 1 unspecified atom stereocenters. The SMILES string of the molecule is CCCCN(C(=O)OC(C)(C)C)c1ccc(C2CCCN2C)cn1. The van der Waals surface area contributed by atoms with Crippen molar-refractivity contribution in [2.75, 3.05) is 25.0 Å². The molecule has 1 saturated heterocycles. The van der Waals surface area contributed by atoms with Crippen molar-refractivity contribution >= 4 is 11.9 Å². The van der Waals surface area contributed by atoms with Crippen LogP contribution in [0, 0.1) is 0 Å². The zero-order chi connectivity index (χ0) is 17.7. The predicted octanol–water partition coefficient (Wildman–Crippen LogP) is 4.39. The lowest BCUT2D eigenvalue weighted by Crippen LogP contribution is -2.38. The van der Waals surface area contributed by atoms with Gasteiger partial charge in [-0.15, -0.1) is 0 Å². The number of amides is 1. The van der Waals surface area contributed by atoms with Crippen LogP contribution in [-0.4, -0.2) is 41.7 Å². The normalized spacial score (nSPS) is 18.6. The number of anilines is 1. The Bertz CT molecular complexity index is 537. The average Bonchev–Trinajstić information content (AvgIpc) is 2.93. The molecule has 0 saturated carbocycles. The molecule has 0 radical (unpaired) electrons. The van der Waals surface area contributed by atoms with Crippen molar-refractivity contribution in [1.82, 2.24) is 9.88 Å². The Morgan fingerprint density at radius 3 is 2.67 bits per heavy atom. The Morgan fingerprint density at radius 1 is 1.42 bits per heavy atom. The van der Waals surface area contributed by atoms with Crippen LogP contribution in [0.2, 0.25) is 0 Å². The molecular weight excluding hydrogens is 302 g/mol. The Labute approximate surface area is 146 Å². The highest BCUT2D eigenvalue weighted by Crippen LogP contribution is 2.30. The number of hydrogen-bond donors (Lipinski definition) is 0. The minimum atomic E-state index is -0.506. The number of carbonyl (C=O) groups excluding carboxylic acids is 1. The largest absolute Gasteiger partial charge is 0.443 e. The molecule has 2 rings (SSSR count). The van der Waals surface area contributed by atoms with E-state index in [4.69, 9.17) is 4.74 Å². The summed E-state index contributed by atoms with van der Waals surface area (Å²) in [6.07, 6.45) is 5.92. The Hall–Kier alpha value is -1.62. The summed E-state index contributed by atoms with van der Waals surface area (Å²) in [5.74, 6) is 0.669. The lowest BCUT2D eigenvalue weighted by atomic mass is 10.1. The number of pyridine rings is 1. The number of rotatable bonds is 5. The van der Waals surface area contributed by atoms with E-state index in [9.17, 15) is 4.79 Å². The average molecular weight is 333 g/mol. The Balaban J connectivity index is 2.15. The van der Waals surface area contributed by atoms with Gasteiger partial charge in [-0.2, -0.15) is 0 Å². The summed E-state index contributed by atoms with van der Waals surface area (Å²) >= 11 is 0. The number of ether oxygens (including phenoxy) is 1. The van der Waals surface area contributed by atoms with E-state index in [1.165, 1.54) is 18.4 Å². The molecule has 5 nitrogen and oxygen atoms in total. The van der Waals surface area contributed by atoms with Crippen molar-refractivity contribution in [3.8, 4) is 0 Å². The Kier molecular flexibility index (Phi) is 6.21. The second-order valence-electron chi connectivity index (χ2n) is 7.57. The van der Waals surface area contributed by atoms with Gasteiger partial charge in [0.25, 0.3) is 0 Å². The number of hydrogen-bond acceptors (Lipinski definition) is 4. The zero-order valence-corrected chi connectivity index (χ0v) is 15.7. The van der Waals surface area contributed by atoms with Crippen LogP contribution in [0.3, 0.4) is 0 Å². The van der Waals surface area contributed by atoms with E-state index >= 15 is 0 Å². The maximum atomic E-state index is 12.5. The van der Waals surface area contributed by atoms with Crippen LogP contribution < -0.4 is 4.90 Å². The molecule has 5 heteroatoms. The highest BCUT2D eigenvalue weighted by atomic mass is 16.6. The van der Waals surface area contributed by atoms with Gasteiger partial charge in [-0.1, -0.05) is 19.4 Å². The summed E-state index contributed by atoms with van der Waals surface area (Å²) in [6.45, 7) is 9.52. The fraction of sp³-hybridized carbons (Fsp3) is 0.684. The van der Waals surface area contributed by atoms with Crippen molar-refractivity contribution in [3.63, 3.8) is 0 Å². The Morgan fingerprint density at radius 2 is 2.17 bits per heavy atom. The second-order valence-corrected chi connectivity index (χ2v) is 7.57. The lowest BCUT2D eigenvalue weighted by Gasteiger charge is -2.27. The maximum Gasteiger partial charge on any atom is 0.416 e. The molecule has 0 aromatic carbocycles. The van der Waals surface area contributed by atoms with Crippen LogP contribution in [0.15, 0.2) is 18.3 Å². The number of unbranched alkanes of at least 4 members (excludes halogenated alkanes) is 1. The van der Waals surface area contributed by atoms with Crippen LogP contribution in [0.4, 0.5) is 10.6 Å². The van der Waals surface area contributed by atoms with Gasteiger partial charge in [0.15, 0.2) is 0 Å². The van der Waals surface area contributed by atoms with Crippen molar-refractivity contribution in [1.29, 1.82) is 0 Å². The molecule has 1 aliphatic heterocycles. The lowest BCUT2D eigenvalue weighted by molar-refractivity contribution is 0.0578. The predicted molar refractivity (Wildman–Crippen MR) is 97.3 cm³/mol. The van der Waals surface area contributed by atoms with Gasteiger partial charge in [0, 0.05) is 18.8 Å². The van der Waals surface area contributed by atoms with Gasteiger partial charge in [-0.05, 0) is 65.3 Å². The molecule has 1 fully saturated rings. The van der Waals surface area contributed by atoms with E-state index in [1.807, 2.05) is 33.0 Å². The van der Waals surface area contributed by atoms with E-state index < -0.39 is 5.60 Å². The molecular formula is C19H31N3O2.